The molecule has 0 aliphatic heterocycles. The Kier molecular flexibility index (Phi) is 5.15. The molecule has 118 valence electrons. The zero-order valence-electron chi connectivity index (χ0n) is 13.9. The number of rotatable bonds is 5. The fourth-order valence-electron chi connectivity index (χ4n) is 3.66. The lowest BCUT2D eigenvalue weighted by molar-refractivity contribution is 0.183. The van der Waals surface area contributed by atoms with Gasteiger partial charge in [-0.25, -0.2) is 0 Å². The normalized spacial score (nSPS) is 25.9. The highest BCUT2D eigenvalue weighted by atomic mass is 16.5. The second kappa shape index (κ2) is 6.69. The number of hydrogen-bond donors (Lipinski definition) is 1. The molecule has 0 aromatic heterocycles. The molecular formula is C18H30N2O. The van der Waals surface area contributed by atoms with Crippen LogP contribution in [0.3, 0.4) is 0 Å². The van der Waals surface area contributed by atoms with Gasteiger partial charge in [-0.2, -0.15) is 0 Å². The van der Waals surface area contributed by atoms with Crippen molar-refractivity contribution in [3.63, 3.8) is 0 Å². The minimum Gasteiger partial charge on any atom is -0.497 e. The fourth-order valence-corrected chi connectivity index (χ4v) is 3.66. The minimum absolute atomic E-state index is 0.0990. The molecule has 2 rings (SSSR count). The van der Waals surface area contributed by atoms with E-state index in [2.05, 4.69) is 37.9 Å². The summed E-state index contributed by atoms with van der Waals surface area (Å²) in [5, 5.41) is 0. The highest BCUT2D eigenvalue weighted by Crippen LogP contribution is 2.40. The van der Waals surface area contributed by atoms with E-state index < -0.39 is 0 Å². The Morgan fingerprint density at radius 1 is 1.33 bits per heavy atom. The third kappa shape index (κ3) is 3.34. The predicted octanol–water partition coefficient (Wildman–Crippen LogP) is 3.68. The summed E-state index contributed by atoms with van der Waals surface area (Å²) >= 11 is 0. The van der Waals surface area contributed by atoms with Crippen LogP contribution >= 0.6 is 0 Å². The summed E-state index contributed by atoms with van der Waals surface area (Å²) in [6, 6.07) is 8.32. The lowest BCUT2D eigenvalue weighted by Gasteiger charge is -2.48. The molecule has 0 spiro atoms. The predicted molar refractivity (Wildman–Crippen MR) is 90.0 cm³/mol. The van der Waals surface area contributed by atoms with Gasteiger partial charge in [0, 0.05) is 19.3 Å². The quantitative estimate of drug-likeness (QED) is 0.899. The largest absolute Gasteiger partial charge is 0.497 e. The molecule has 0 bridgehead atoms. The van der Waals surface area contributed by atoms with Crippen LogP contribution in [-0.2, 0) is 0 Å². The molecule has 21 heavy (non-hydrogen) atoms. The molecule has 1 saturated carbocycles. The molecule has 1 aliphatic rings. The van der Waals surface area contributed by atoms with Crippen LogP contribution in [0.4, 0.5) is 5.69 Å². The number of anilines is 1. The highest BCUT2D eigenvalue weighted by molar-refractivity contribution is 5.51. The standard InChI is InChI=1S/C18H30N2O/c1-14(2)15-6-5-11-18(12-15,13-19)20(3)16-7-9-17(21-4)10-8-16/h7-10,14-15H,5-6,11-13,19H2,1-4H3. The van der Waals surface area contributed by atoms with Crippen molar-refractivity contribution in [1.29, 1.82) is 0 Å². The number of likely N-dealkylation sites (N-methyl/N-ethyl adjacent to an activating group) is 1. The molecule has 0 radical (unpaired) electrons. The zero-order chi connectivity index (χ0) is 15.5. The Balaban J connectivity index is 2.21. The van der Waals surface area contributed by atoms with Gasteiger partial charge in [0.05, 0.1) is 12.6 Å². The first kappa shape index (κ1) is 16.2. The van der Waals surface area contributed by atoms with E-state index in [-0.39, 0.29) is 5.54 Å². The van der Waals surface area contributed by atoms with Crippen molar-refractivity contribution >= 4 is 5.69 Å². The Morgan fingerprint density at radius 3 is 2.52 bits per heavy atom. The van der Waals surface area contributed by atoms with Crippen LogP contribution in [0.2, 0.25) is 0 Å². The second-order valence-electron chi connectivity index (χ2n) is 6.79. The molecule has 0 saturated heterocycles. The number of hydrogen-bond acceptors (Lipinski definition) is 3. The van der Waals surface area contributed by atoms with Crippen LogP contribution in [-0.4, -0.2) is 26.2 Å². The van der Waals surface area contributed by atoms with Crippen LogP contribution in [0.1, 0.15) is 39.5 Å². The monoisotopic (exact) mass is 290 g/mol. The molecule has 0 heterocycles. The van der Waals surface area contributed by atoms with Crippen molar-refractivity contribution < 1.29 is 4.74 Å². The summed E-state index contributed by atoms with van der Waals surface area (Å²) in [4.78, 5) is 2.40. The summed E-state index contributed by atoms with van der Waals surface area (Å²) in [7, 11) is 3.89. The molecule has 1 aliphatic carbocycles. The number of methoxy groups -OCH3 is 1. The van der Waals surface area contributed by atoms with Crippen LogP contribution in [0.5, 0.6) is 5.75 Å². The fraction of sp³-hybridized carbons (Fsp3) is 0.667. The maximum Gasteiger partial charge on any atom is 0.119 e. The SMILES string of the molecule is COc1ccc(N(C)C2(CN)CCCC(C(C)C)C2)cc1. The third-order valence-electron chi connectivity index (χ3n) is 5.35. The van der Waals surface area contributed by atoms with Crippen molar-refractivity contribution in [2.45, 2.75) is 45.1 Å². The number of ether oxygens (including phenoxy) is 1. The van der Waals surface area contributed by atoms with E-state index in [0.29, 0.717) is 0 Å². The zero-order valence-corrected chi connectivity index (χ0v) is 13.9. The molecule has 1 aromatic rings. The average molecular weight is 290 g/mol. The van der Waals surface area contributed by atoms with Gasteiger partial charge in [0.15, 0.2) is 0 Å². The van der Waals surface area contributed by atoms with E-state index in [1.54, 1.807) is 7.11 Å². The molecule has 1 fully saturated rings. The maximum absolute atomic E-state index is 6.23. The van der Waals surface area contributed by atoms with Gasteiger partial charge < -0.3 is 15.4 Å². The van der Waals surface area contributed by atoms with Crippen molar-refractivity contribution in [3.8, 4) is 5.75 Å². The first-order chi connectivity index (χ1) is 10.0. The first-order valence-corrected chi connectivity index (χ1v) is 8.10. The maximum atomic E-state index is 6.23. The van der Waals surface area contributed by atoms with E-state index in [0.717, 1.165) is 24.1 Å². The Bertz CT molecular complexity index is 443. The molecule has 3 nitrogen and oxygen atoms in total. The summed E-state index contributed by atoms with van der Waals surface area (Å²) in [5.41, 5.74) is 7.56. The van der Waals surface area contributed by atoms with E-state index in [1.807, 2.05) is 12.1 Å². The highest BCUT2D eigenvalue weighted by Gasteiger charge is 2.39. The topological polar surface area (TPSA) is 38.5 Å². The van der Waals surface area contributed by atoms with Gasteiger partial charge in [-0.3, -0.25) is 0 Å². The van der Waals surface area contributed by atoms with Crippen molar-refractivity contribution in [2.24, 2.45) is 17.6 Å². The van der Waals surface area contributed by atoms with Crippen molar-refractivity contribution in [3.05, 3.63) is 24.3 Å². The number of nitrogens with zero attached hydrogens (tertiary/aromatic N) is 1. The Hall–Kier alpha value is -1.22. The van der Waals surface area contributed by atoms with E-state index in [4.69, 9.17) is 10.5 Å². The van der Waals surface area contributed by atoms with E-state index in [9.17, 15) is 0 Å². The minimum atomic E-state index is 0.0990. The molecular weight excluding hydrogens is 260 g/mol. The molecule has 0 amide bonds. The van der Waals surface area contributed by atoms with Crippen molar-refractivity contribution in [1.82, 2.24) is 0 Å². The van der Waals surface area contributed by atoms with E-state index >= 15 is 0 Å². The molecule has 2 atom stereocenters. The van der Waals surface area contributed by atoms with Gasteiger partial charge in [-0.05, 0) is 48.9 Å². The lowest BCUT2D eigenvalue weighted by atomic mass is 9.71. The first-order valence-electron chi connectivity index (χ1n) is 8.10. The lowest BCUT2D eigenvalue weighted by Crippen LogP contribution is -2.55. The van der Waals surface area contributed by atoms with Crippen molar-refractivity contribution in [2.75, 3.05) is 25.6 Å². The molecule has 2 unspecified atom stereocenters. The van der Waals surface area contributed by atoms with Gasteiger partial charge >= 0.3 is 0 Å². The van der Waals surface area contributed by atoms with Gasteiger partial charge in [-0.15, -0.1) is 0 Å². The number of benzene rings is 1. The van der Waals surface area contributed by atoms with Crippen LogP contribution in [0.15, 0.2) is 24.3 Å². The summed E-state index contributed by atoms with van der Waals surface area (Å²) in [6.45, 7) is 5.40. The van der Waals surface area contributed by atoms with Crippen LogP contribution in [0.25, 0.3) is 0 Å². The smallest absolute Gasteiger partial charge is 0.119 e. The van der Waals surface area contributed by atoms with Gasteiger partial charge in [0.25, 0.3) is 0 Å². The Morgan fingerprint density at radius 2 is 2.00 bits per heavy atom. The number of nitrogens with two attached hydrogens (primary N) is 1. The summed E-state index contributed by atoms with van der Waals surface area (Å²) in [6.07, 6.45) is 5.01. The second-order valence-corrected chi connectivity index (χ2v) is 6.79. The van der Waals surface area contributed by atoms with Gasteiger partial charge in [0.2, 0.25) is 0 Å². The average Bonchev–Trinajstić information content (AvgIpc) is 2.54. The summed E-state index contributed by atoms with van der Waals surface area (Å²) < 4.78 is 5.25. The molecule has 2 N–H and O–H groups in total. The van der Waals surface area contributed by atoms with Gasteiger partial charge in [-0.1, -0.05) is 26.7 Å². The molecule has 3 heteroatoms. The van der Waals surface area contributed by atoms with Crippen LogP contribution < -0.4 is 15.4 Å². The Labute approximate surface area is 129 Å². The van der Waals surface area contributed by atoms with E-state index in [1.165, 1.54) is 31.4 Å². The van der Waals surface area contributed by atoms with Crippen LogP contribution in [0, 0.1) is 11.8 Å². The third-order valence-corrected chi connectivity index (χ3v) is 5.35. The van der Waals surface area contributed by atoms with Gasteiger partial charge in [0.1, 0.15) is 5.75 Å². The molecule has 1 aromatic carbocycles. The summed E-state index contributed by atoms with van der Waals surface area (Å²) in [5.74, 6) is 2.42.